The number of fused-ring (bicyclic) bond motifs is 1. The summed E-state index contributed by atoms with van der Waals surface area (Å²) in [5.41, 5.74) is 1.13. The van der Waals surface area contributed by atoms with Gasteiger partial charge >= 0.3 is 0 Å². The number of carbonyl (C=O) groups is 2. The quantitative estimate of drug-likeness (QED) is 0.621. The average Bonchev–Trinajstić information content (AvgIpc) is 2.33. The van der Waals surface area contributed by atoms with Crippen molar-refractivity contribution in [3.63, 3.8) is 0 Å². The Balaban J connectivity index is 2.62. The first-order valence-corrected chi connectivity index (χ1v) is 6.77. The summed E-state index contributed by atoms with van der Waals surface area (Å²) in [5, 5.41) is 0.467. The van der Waals surface area contributed by atoms with Gasteiger partial charge in [0.25, 0.3) is 0 Å². The second-order valence-electron chi connectivity index (χ2n) is 3.57. The van der Waals surface area contributed by atoms with Crippen molar-refractivity contribution in [2.75, 3.05) is 23.6 Å². The summed E-state index contributed by atoms with van der Waals surface area (Å²) in [6, 6.07) is 3.28. The summed E-state index contributed by atoms with van der Waals surface area (Å²) in [6.45, 7) is 0. The van der Waals surface area contributed by atoms with Crippen molar-refractivity contribution in [3.05, 3.63) is 22.7 Å². The molecule has 0 saturated carbocycles. The summed E-state index contributed by atoms with van der Waals surface area (Å²) < 4.78 is 0. The highest BCUT2D eigenvalue weighted by atomic mass is 35.5. The van der Waals surface area contributed by atoms with E-state index in [2.05, 4.69) is 0 Å². The molecule has 0 bridgehead atoms. The van der Waals surface area contributed by atoms with E-state index in [1.807, 2.05) is 0 Å². The van der Waals surface area contributed by atoms with Crippen LogP contribution in [0.4, 0.5) is 5.69 Å². The molecule has 1 heterocycles. The van der Waals surface area contributed by atoms with E-state index in [1.54, 1.807) is 19.2 Å². The summed E-state index contributed by atoms with van der Waals surface area (Å²) in [6.07, 6.45) is 0. The predicted octanol–water partition coefficient (Wildman–Crippen LogP) is 2.83. The Kier molecular flexibility index (Phi) is 3.66. The van der Waals surface area contributed by atoms with Crippen molar-refractivity contribution in [3.8, 4) is 0 Å². The Morgan fingerprint density at radius 3 is 2.88 bits per heavy atom. The number of carbonyl (C=O) groups excluding carboxylic acids is 2. The number of alkyl halides is 1. The lowest BCUT2D eigenvalue weighted by molar-refractivity contribution is -0.116. The van der Waals surface area contributed by atoms with E-state index in [0.717, 1.165) is 4.90 Å². The highest BCUT2D eigenvalue weighted by molar-refractivity contribution is 8.00. The van der Waals surface area contributed by atoms with Crippen molar-refractivity contribution >= 4 is 52.3 Å². The molecule has 0 aromatic heterocycles. The number of nitrogens with zero attached hydrogens (tertiary/aromatic N) is 1. The first-order valence-electron chi connectivity index (χ1n) is 4.87. The lowest BCUT2D eigenvalue weighted by atomic mass is 10.1. The molecule has 17 heavy (non-hydrogen) atoms. The smallest absolute Gasteiger partial charge is 0.237 e. The third kappa shape index (κ3) is 2.17. The van der Waals surface area contributed by atoms with Crippen LogP contribution < -0.4 is 4.90 Å². The first-order chi connectivity index (χ1) is 8.06. The largest absolute Gasteiger partial charge is 0.312 e. The van der Waals surface area contributed by atoms with Gasteiger partial charge in [-0.2, -0.15) is 0 Å². The van der Waals surface area contributed by atoms with Gasteiger partial charge in [0.05, 0.1) is 22.3 Å². The zero-order valence-electron chi connectivity index (χ0n) is 9.00. The normalized spacial score (nSPS) is 14.8. The molecular weight excluding hydrogens is 281 g/mol. The third-order valence-electron chi connectivity index (χ3n) is 2.55. The molecule has 1 aromatic rings. The fourth-order valence-electron chi connectivity index (χ4n) is 1.65. The molecule has 6 heteroatoms. The maximum Gasteiger partial charge on any atom is 0.237 e. The monoisotopic (exact) mass is 289 g/mol. The zero-order chi connectivity index (χ0) is 12.6. The summed E-state index contributed by atoms with van der Waals surface area (Å²) in [7, 11) is 1.65. The van der Waals surface area contributed by atoms with Gasteiger partial charge in [-0.3, -0.25) is 9.59 Å². The molecule has 90 valence electrons. The van der Waals surface area contributed by atoms with Crippen molar-refractivity contribution < 1.29 is 9.59 Å². The molecular formula is C11H9Cl2NO2S. The highest BCUT2D eigenvalue weighted by Gasteiger charge is 2.27. The van der Waals surface area contributed by atoms with E-state index < -0.39 is 0 Å². The Labute approximate surface area is 113 Å². The van der Waals surface area contributed by atoms with Gasteiger partial charge in [-0.05, 0) is 12.1 Å². The van der Waals surface area contributed by atoms with Gasteiger partial charge in [0.2, 0.25) is 5.91 Å². The van der Waals surface area contributed by atoms with Crippen LogP contribution in [0.1, 0.15) is 10.4 Å². The predicted molar refractivity (Wildman–Crippen MR) is 70.6 cm³/mol. The number of hydrogen-bond acceptors (Lipinski definition) is 3. The fraction of sp³-hybridized carbons (Fsp3) is 0.273. The van der Waals surface area contributed by atoms with Gasteiger partial charge in [-0.15, -0.1) is 23.4 Å². The van der Waals surface area contributed by atoms with Crippen LogP contribution in [-0.4, -0.2) is 30.4 Å². The van der Waals surface area contributed by atoms with Crippen LogP contribution in [0, 0.1) is 0 Å². The second-order valence-corrected chi connectivity index (χ2v) is 5.23. The maximum absolute atomic E-state index is 11.7. The van der Waals surface area contributed by atoms with Gasteiger partial charge in [0.15, 0.2) is 5.78 Å². The van der Waals surface area contributed by atoms with Gasteiger partial charge in [-0.25, -0.2) is 0 Å². The molecule has 0 atom stereocenters. The van der Waals surface area contributed by atoms with Gasteiger partial charge < -0.3 is 4.90 Å². The SMILES string of the molecule is CN1C(=O)CSc2c(C(=O)CCl)ccc(Cl)c21. The van der Waals surface area contributed by atoms with Crippen molar-refractivity contribution in [2.45, 2.75) is 4.90 Å². The molecule has 0 saturated heterocycles. The molecule has 0 N–H and O–H groups in total. The van der Waals surface area contributed by atoms with Crippen LogP contribution in [0.15, 0.2) is 17.0 Å². The van der Waals surface area contributed by atoms with Crippen LogP contribution in [0.25, 0.3) is 0 Å². The van der Waals surface area contributed by atoms with Gasteiger partial charge in [-0.1, -0.05) is 11.6 Å². The van der Waals surface area contributed by atoms with Crippen LogP contribution in [0.3, 0.4) is 0 Å². The van der Waals surface area contributed by atoms with Crippen LogP contribution in [0.5, 0.6) is 0 Å². The van der Waals surface area contributed by atoms with E-state index in [0.29, 0.717) is 22.0 Å². The Hall–Kier alpha value is -0.710. The average molecular weight is 290 g/mol. The molecule has 1 aliphatic heterocycles. The molecule has 1 aliphatic rings. The van der Waals surface area contributed by atoms with Crippen molar-refractivity contribution in [2.24, 2.45) is 0 Å². The molecule has 1 amide bonds. The minimum absolute atomic E-state index is 0.0279. The molecule has 0 radical (unpaired) electrons. The standard InChI is InChI=1S/C11H9Cl2NO2S/c1-14-9(16)5-17-11-6(8(15)4-12)2-3-7(13)10(11)14/h2-3H,4-5H2,1H3. The number of Topliss-reactive ketones (excluding diaryl/α,β-unsaturated/α-hetero) is 1. The molecule has 0 unspecified atom stereocenters. The fourth-order valence-corrected chi connectivity index (χ4v) is 3.32. The van der Waals surface area contributed by atoms with Crippen molar-refractivity contribution in [1.29, 1.82) is 0 Å². The van der Waals surface area contributed by atoms with Crippen LogP contribution in [-0.2, 0) is 4.79 Å². The van der Waals surface area contributed by atoms with Crippen molar-refractivity contribution in [1.82, 2.24) is 0 Å². The third-order valence-corrected chi connectivity index (χ3v) is 4.19. The zero-order valence-corrected chi connectivity index (χ0v) is 11.3. The van der Waals surface area contributed by atoms with E-state index in [1.165, 1.54) is 16.7 Å². The minimum atomic E-state index is -0.158. The molecule has 3 nitrogen and oxygen atoms in total. The van der Waals surface area contributed by atoms with Crippen LogP contribution in [0.2, 0.25) is 5.02 Å². The summed E-state index contributed by atoms with van der Waals surface area (Å²) in [5.74, 6) is 0.0494. The highest BCUT2D eigenvalue weighted by Crippen LogP contribution is 2.42. The van der Waals surface area contributed by atoms with E-state index in [4.69, 9.17) is 23.2 Å². The number of ketones is 1. The molecule has 0 aliphatic carbocycles. The summed E-state index contributed by atoms with van der Waals surface area (Å²) in [4.78, 5) is 25.5. The number of rotatable bonds is 2. The molecule has 2 rings (SSSR count). The van der Waals surface area contributed by atoms with Crippen LogP contribution >= 0.6 is 35.0 Å². The lowest BCUT2D eigenvalue weighted by Crippen LogP contribution is -2.32. The molecule has 0 fully saturated rings. The number of amides is 1. The second kappa shape index (κ2) is 4.88. The van der Waals surface area contributed by atoms with E-state index in [9.17, 15) is 9.59 Å². The first kappa shape index (κ1) is 12.7. The Morgan fingerprint density at radius 1 is 1.53 bits per heavy atom. The number of halogens is 2. The number of anilines is 1. The minimum Gasteiger partial charge on any atom is -0.312 e. The molecule has 1 aromatic carbocycles. The summed E-state index contributed by atoms with van der Waals surface area (Å²) >= 11 is 13.0. The Morgan fingerprint density at radius 2 is 2.24 bits per heavy atom. The van der Waals surface area contributed by atoms with Gasteiger partial charge in [0, 0.05) is 17.5 Å². The molecule has 0 spiro atoms. The maximum atomic E-state index is 11.7. The van der Waals surface area contributed by atoms with E-state index in [-0.39, 0.29) is 17.6 Å². The number of benzene rings is 1. The van der Waals surface area contributed by atoms with Gasteiger partial charge in [0.1, 0.15) is 0 Å². The number of thioether (sulfide) groups is 1. The number of hydrogen-bond donors (Lipinski definition) is 0. The lowest BCUT2D eigenvalue weighted by Gasteiger charge is -2.27. The van der Waals surface area contributed by atoms with E-state index >= 15 is 0 Å². The topological polar surface area (TPSA) is 37.4 Å². The Bertz CT molecular complexity index is 504.